The van der Waals surface area contributed by atoms with Crippen molar-refractivity contribution in [3.63, 3.8) is 0 Å². The fourth-order valence-electron chi connectivity index (χ4n) is 1.63. The number of hydrogen-bond acceptors (Lipinski definition) is 2. The summed E-state index contributed by atoms with van der Waals surface area (Å²) in [6.45, 7) is 2.13. The molecule has 1 aliphatic carbocycles. The van der Waals surface area contributed by atoms with E-state index in [0.29, 0.717) is 6.10 Å². The van der Waals surface area contributed by atoms with Crippen molar-refractivity contribution in [1.82, 2.24) is 0 Å². The van der Waals surface area contributed by atoms with Gasteiger partial charge in [0.1, 0.15) is 0 Å². The minimum absolute atomic E-state index is 0.0921. The zero-order chi connectivity index (χ0) is 6.48. The molecule has 2 heteroatoms. The predicted octanol–water partition coefficient (Wildman–Crippen LogP) is 0.689. The molecule has 9 heavy (non-hydrogen) atoms. The van der Waals surface area contributed by atoms with Crippen molar-refractivity contribution in [3.8, 4) is 0 Å². The predicted molar refractivity (Wildman–Crippen MR) is 33.1 cm³/mol. The van der Waals surface area contributed by atoms with Crippen molar-refractivity contribution in [1.29, 1.82) is 0 Å². The summed E-state index contributed by atoms with van der Waals surface area (Å²) in [5.41, 5.74) is 0.166. The Hall–Kier alpha value is -0.0800. The van der Waals surface area contributed by atoms with Gasteiger partial charge in [-0.05, 0) is 19.8 Å². The van der Waals surface area contributed by atoms with Gasteiger partial charge in [-0.1, -0.05) is 0 Å². The van der Waals surface area contributed by atoms with Gasteiger partial charge in [-0.2, -0.15) is 0 Å². The highest BCUT2D eigenvalue weighted by atomic mass is 16.6. The lowest BCUT2D eigenvalue weighted by Gasteiger charge is -2.16. The summed E-state index contributed by atoms with van der Waals surface area (Å²) in [6, 6.07) is 0. The zero-order valence-electron chi connectivity index (χ0n) is 5.63. The Bertz CT molecular complexity index is 135. The number of fused-ring (bicyclic) bond motifs is 1. The normalized spacial score (nSPS) is 56.7. The lowest BCUT2D eigenvalue weighted by molar-refractivity contribution is 0.132. The fraction of sp³-hybridized carbons (Fsp3) is 1.00. The Labute approximate surface area is 54.8 Å². The Balaban J connectivity index is 2.01. The smallest absolute Gasteiger partial charge is 0.0922 e. The van der Waals surface area contributed by atoms with E-state index in [1.165, 1.54) is 0 Å². The highest BCUT2D eigenvalue weighted by Gasteiger charge is 2.54. The third kappa shape index (κ3) is 0.775. The SMILES string of the molecule is CC12CC[C@H](O)CC1O2. The van der Waals surface area contributed by atoms with Crippen LogP contribution in [-0.4, -0.2) is 22.9 Å². The van der Waals surface area contributed by atoms with Gasteiger partial charge in [-0.3, -0.25) is 0 Å². The molecule has 0 aromatic rings. The summed E-state index contributed by atoms with van der Waals surface area (Å²) in [6.07, 6.45) is 3.11. The largest absolute Gasteiger partial charge is 0.393 e. The van der Waals surface area contributed by atoms with Gasteiger partial charge in [0.05, 0.1) is 17.8 Å². The van der Waals surface area contributed by atoms with Gasteiger partial charge in [0.2, 0.25) is 0 Å². The number of ether oxygens (including phenoxy) is 1. The minimum Gasteiger partial charge on any atom is -0.393 e. The van der Waals surface area contributed by atoms with Crippen LogP contribution in [0.5, 0.6) is 0 Å². The molecule has 0 radical (unpaired) electrons. The van der Waals surface area contributed by atoms with Crippen LogP contribution in [0.3, 0.4) is 0 Å². The van der Waals surface area contributed by atoms with Gasteiger partial charge in [0.15, 0.2) is 0 Å². The minimum atomic E-state index is -0.0921. The van der Waals surface area contributed by atoms with Crippen molar-refractivity contribution >= 4 is 0 Å². The Morgan fingerprint density at radius 3 is 3.00 bits per heavy atom. The summed E-state index contributed by atoms with van der Waals surface area (Å²) in [5, 5.41) is 9.14. The van der Waals surface area contributed by atoms with Crippen molar-refractivity contribution in [2.45, 2.75) is 44.0 Å². The highest BCUT2D eigenvalue weighted by Crippen LogP contribution is 2.47. The molecule has 0 spiro atoms. The van der Waals surface area contributed by atoms with Crippen molar-refractivity contribution in [2.24, 2.45) is 0 Å². The van der Waals surface area contributed by atoms with Crippen molar-refractivity contribution in [2.75, 3.05) is 0 Å². The van der Waals surface area contributed by atoms with E-state index < -0.39 is 0 Å². The Morgan fingerprint density at radius 1 is 1.67 bits per heavy atom. The topological polar surface area (TPSA) is 32.8 Å². The number of hydrogen-bond donors (Lipinski definition) is 1. The average Bonchev–Trinajstić information content (AvgIpc) is 2.41. The molecular weight excluding hydrogens is 116 g/mol. The number of aliphatic hydroxyl groups excluding tert-OH is 1. The molecule has 2 fully saturated rings. The maximum Gasteiger partial charge on any atom is 0.0922 e. The second kappa shape index (κ2) is 1.50. The average molecular weight is 128 g/mol. The van der Waals surface area contributed by atoms with E-state index in [1.54, 1.807) is 0 Å². The molecule has 0 amide bonds. The maximum atomic E-state index is 9.14. The molecule has 1 N–H and O–H groups in total. The van der Waals surface area contributed by atoms with E-state index in [0.717, 1.165) is 19.3 Å². The fourth-order valence-corrected chi connectivity index (χ4v) is 1.63. The second-order valence-electron chi connectivity index (χ2n) is 3.35. The van der Waals surface area contributed by atoms with E-state index >= 15 is 0 Å². The summed E-state index contributed by atoms with van der Waals surface area (Å²) < 4.78 is 5.38. The van der Waals surface area contributed by atoms with Crippen LogP contribution >= 0.6 is 0 Å². The standard InChI is InChI=1S/C7H12O2/c1-7-3-2-5(8)4-6(7)9-7/h5-6,8H,2-4H2,1H3/t5-,6?,7?/m0/s1. The molecule has 3 atom stereocenters. The van der Waals surface area contributed by atoms with Gasteiger partial charge in [0, 0.05) is 6.42 Å². The molecule has 2 nitrogen and oxygen atoms in total. The third-order valence-corrected chi connectivity index (χ3v) is 2.50. The molecule has 52 valence electrons. The third-order valence-electron chi connectivity index (χ3n) is 2.50. The molecule has 0 aromatic carbocycles. The molecule has 0 aromatic heterocycles. The number of aliphatic hydroxyl groups is 1. The van der Waals surface area contributed by atoms with Gasteiger partial charge in [-0.15, -0.1) is 0 Å². The first-order chi connectivity index (χ1) is 4.21. The van der Waals surface area contributed by atoms with Gasteiger partial charge < -0.3 is 9.84 Å². The lowest BCUT2D eigenvalue weighted by atomic mass is 9.89. The summed E-state index contributed by atoms with van der Waals surface area (Å²) in [5.74, 6) is 0. The molecule has 2 aliphatic rings. The van der Waals surface area contributed by atoms with Crippen molar-refractivity contribution in [3.05, 3.63) is 0 Å². The van der Waals surface area contributed by atoms with Crippen LogP contribution in [0.15, 0.2) is 0 Å². The van der Waals surface area contributed by atoms with Crippen LogP contribution in [0.4, 0.5) is 0 Å². The van der Waals surface area contributed by atoms with Gasteiger partial charge >= 0.3 is 0 Å². The van der Waals surface area contributed by atoms with E-state index in [9.17, 15) is 0 Å². The molecule has 1 heterocycles. The summed E-state index contributed by atoms with van der Waals surface area (Å²) in [4.78, 5) is 0. The Kier molecular flexibility index (Phi) is 0.945. The zero-order valence-corrected chi connectivity index (χ0v) is 5.63. The van der Waals surface area contributed by atoms with Gasteiger partial charge in [0.25, 0.3) is 0 Å². The highest BCUT2D eigenvalue weighted by molar-refractivity contribution is 5.03. The molecular formula is C7H12O2. The van der Waals surface area contributed by atoms with E-state index in [2.05, 4.69) is 6.92 Å². The number of epoxide rings is 1. The molecule has 1 aliphatic heterocycles. The van der Waals surface area contributed by atoms with Crippen molar-refractivity contribution < 1.29 is 9.84 Å². The number of rotatable bonds is 0. The van der Waals surface area contributed by atoms with Crippen LogP contribution in [0.2, 0.25) is 0 Å². The van der Waals surface area contributed by atoms with E-state index in [-0.39, 0.29) is 11.7 Å². The first-order valence-electron chi connectivity index (χ1n) is 3.56. The Morgan fingerprint density at radius 2 is 2.44 bits per heavy atom. The van der Waals surface area contributed by atoms with Crippen LogP contribution in [0, 0.1) is 0 Å². The second-order valence-corrected chi connectivity index (χ2v) is 3.35. The molecule has 1 saturated carbocycles. The van der Waals surface area contributed by atoms with E-state index in [1.807, 2.05) is 0 Å². The molecule has 2 rings (SSSR count). The molecule has 2 unspecified atom stereocenters. The van der Waals surface area contributed by atoms with Crippen LogP contribution in [0.25, 0.3) is 0 Å². The lowest BCUT2D eigenvalue weighted by Crippen LogP contribution is -2.24. The monoisotopic (exact) mass is 128 g/mol. The van der Waals surface area contributed by atoms with E-state index in [4.69, 9.17) is 9.84 Å². The first kappa shape index (κ1) is 5.69. The first-order valence-corrected chi connectivity index (χ1v) is 3.56. The van der Waals surface area contributed by atoms with Crippen LogP contribution in [-0.2, 0) is 4.74 Å². The van der Waals surface area contributed by atoms with Gasteiger partial charge in [-0.25, -0.2) is 0 Å². The summed E-state index contributed by atoms with van der Waals surface area (Å²) in [7, 11) is 0. The molecule has 0 bridgehead atoms. The van der Waals surface area contributed by atoms with Crippen LogP contribution in [0.1, 0.15) is 26.2 Å². The quantitative estimate of drug-likeness (QED) is 0.487. The van der Waals surface area contributed by atoms with Crippen LogP contribution < -0.4 is 0 Å². The summed E-state index contributed by atoms with van der Waals surface area (Å²) >= 11 is 0. The maximum absolute atomic E-state index is 9.14. The molecule has 1 saturated heterocycles.